The van der Waals surface area contributed by atoms with Crippen molar-refractivity contribution >= 4 is 11.8 Å². The average molecular weight is 423 g/mol. The molecular formula is C23H25N3O5. The van der Waals surface area contributed by atoms with Gasteiger partial charge in [-0.25, -0.2) is 0 Å². The third kappa shape index (κ3) is 5.42. The van der Waals surface area contributed by atoms with E-state index in [-0.39, 0.29) is 24.1 Å². The molecule has 2 amide bonds. The molecule has 0 saturated carbocycles. The van der Waals surface area contributed by atoms with Crippen LogP contribution in [0.15, 0.2) is 59.1 Å². The number of nitrogens with zero attached hydrogens (tertiary/aromatic N) is 2. The van der Waals surface area contributed by atoms with Crippen LogP contribution in [-0.2, 0) is 13.1 Å². The van der Waals surface area contributed by atoms with Gasteiger partial charge in [-0.15, -0.1) is 0 Å². The molecule has 0 aliphatic carbocycles. The first kappa shape index (κ1) is 21.9. The van der Waals surface area contributed by atoms with Gasteiger partial charge in [0.05, 0.1) is 20.8 Å². The minimum Gasteiger partial charge on any atom is -0.493 e. The minimum atomic E-state index is -0.321. The molecule has 1 aromatic heterocycles. The Bertz CT molecular complexity index is 1030. The van der Waals surface area contributed by atoms with Crippen molar-refractivity contribution in [3.63, 3.8) is 0 Å². The summed E-state index contributed by atoms with van der Waals surface area (Å²) in [7, 11) is 3.06. The number of methoxy groups -OCH3 is 2. The second-order valence-corrected chi connectivity index (χ2v) is 6.75. The summed E-state index contributed by atoms with van der Waals surface area (Å²) in [4.78, 5) is 27.0. The summed E-state index contributed by atoms with van der Waals surface area (Å²) in [6.45, 7) is 2.81. The fraction of sp³-hybridized carbons (Fsp3) is 0.261. The quantitative estimate of drug-likeness (QED) is 0.568. The van der Waals surface area contributed by atoms with E-state index in [1.54, 1.807) is 29.2 Å². The van der Waals surface area contributed by atoms with E-state index >= 15 is 0 Å². The van der Waals surface area contributed by atoms with E-state index in [0.29, 0.717) is 35.9 Å². The van der Waals surface area contributed by atoms with Crippen molar-refractivity contribution in [3.05, 3.63) is 77.2 Å². The zero-order valence-electron chi connectivity index (χ0n) is 17.8. The number of carbonyl (C=O) groups excluding carboxylic acids is 2. The average Bonchev–Trinajstić information content (AvgIpc) is 3.27. The molecular weight excluding hydrogens is 398 g/mol. The van der Waals surface area contributed by atoms with Gasteiger partial charge in [0.2, 0.25) is 0 Å². The SMILES string of the molecule is CCNC(=O)c1cc(CN(Cc2ccccc2)C(=O)c2ccc(OC)c(OC)c2)on1. The van der Waals surface area contributed by atoms with Crippen LogP contribution in [0.3, 0.4) is 0 Å². The van der Waals surface area contributed by atoms with Crippen LogP contribution in [0.4, 0.5) is 0 Å². The molecule has 8 nitrogen and oxygen atoms in total. The lowest BCUT2D eigenvalue weighted by atomic mass is 10.1. The number of hydrogen-bond acceptors (Lipinski definition) is 6. The Morgan fingerprint density at radius 2 is 1.74 bits per heavy atom. The third-order valence-electron chi connectivity index (χ3n) is 4.61. The topological polar surface area (TPSA) is 93.9 Å². The van der Waals surface area contributed by atoms with Gasteiger partial charge in [-0.2, -0.15) is 0 Å². The van der Waals surface area contributed by atoms with Gasteiger partial charge in [-0.1, -0.05) is 35.5 Å². The van der Waals surface area contributed by atoms with Crippen molar-refractivity contribution in [2.24, 2.45) is 0 Å². The van der Waals surface area contributed by atoms with Gasteiger partial charge >= 0.3 is 0 Å². The zero-order chi connectivity index (χ0) is 22.2. The Labute approximate surface area is 180 Å². The van der Waals surface area contributed by atoms with Crippen LogP contribution in [0.1, 0.15) is 39.1 Å². The largest absolute Gasteiger partial charge is 0.493 e. The van der Waals surface area contributed by atoms with Gasteiger partial charge in [0.15, 0.2) is 23.0 Å². The van der Waals surface area contributed by atoms with E-state index in [1.807, 2.05) is 37.3 Å². The lowest BCUT2D eigenvalue weighted by Gasteiger charge is -2.22. The highest BCUT2D eigenvalue weighted by Crippen LogP contribution is 2.28. The van der Waals surface area contributed by atoms with Gasteiger partial charge in [0.25, 0.3) is 11.8 Å². The summed E-state index contributed by atoms with van der Waals surface area (Å²) in [5.41, 5.74) is 1.58. The van der Waals surface area contributed by atoms with E-state index in [0.717, 1.165) is 5.56 Å². The van der Waals surface area contributed by atoms with Crippen LogP contribution in [-0.4, -0.2) is 42.6 Å². The van der Waals surface area contributed by atoms with Crippen LogP contribution in [0.25, 0.3) is 0 Å². The molecule has 3 aromatic rings. The molecule has 0 aliphatic rings. The van der Waals surface area contributed by atoms with Crippen molar-refractivity contribution in [2.45, 2.75) is 20.0 Å². The third-order valence-corrected chi connectivity index (χ3v) is 4.61. The smallest absolute Gasteiger partial charge is 0.273 e. The molecule has 1 heterocycles. The summed E-state index contributed by atoms with van der Waals surface area (Å²) >= 11 is 0. The van der Waals surface area contributed by atoms with Crippen molar-refractivity contribution in [1.29, 1.82) is 0 Å². The normalized spacial score (nSPS) is 10.4. The molecule has 2 aromatic carbocycles. The summed E-state index contributed by atoms with van der Waals surface area (Å²) in [6, 6.07) is 16.2. The summed E-state index contributed by atoms with van der Waals surface area (Å²) < 4.78 is 15.9. The predicted octanol–water partition coefficient (Wildman–Crippen LogP) is 3.28. The molecule has 8 heteroatoms. The van der Waals surface area contributed by atoms with Gasteiger partial charge in [-0.05, 0) is 30.7 Å². The molecule has 0 fully saturated rings. The van der Waals surface area contributed by atoms with Crippen molar-refractivity contribution in [2.75, 3.05) is 20.8 Å². The van der Waals surface area contributed by atoms with E-state index in [1.165, 1.54) is 14.2 Å². The Morgan fingerprint density at radius 3 is 2.42 bits per heavy atom. The lowest BCUT2D eigenvalue weighted by Crippen LogP contribution is -2.30. The summed E-state index contributed by atoms with van der Waals surface area (Å²) in [5.74, 6) is 0.867. The number of carbonyl (C=O) groups is 2. The first-order chi connectivity index (χ1) is 15.0. The number of rotatable bonds is 9. The maximum atomic E-state index is 13.4. The highest BCUT2D eigenvalue weighted by Gasteiger charge is 2.21. The Kier molecular flexibility index (Phi) is 7.26. The molecule has 0 saturated heterocycles. The predicted molar refractivity (Wildman–Crippen MR) is 114 cm³/mol. The molecule has 1 N–H and O–H groups in total. The molecule has 0 unspecified atom stereocenters. The van der Waals surface area contributed by atoms with E-state index in [2.05, 4.69) is 10.5 Å². The van der Waals surface area contributed by atoms with Gasteiger partial charge in [0, 0.05) is 24.7 Å². The van der Waals surface area contributed by atoms with E-state index in [9.17, 15) is 9.59 Å². The fourth-order valence-corrected chi connectivity index (χ4v) is 3.09. The molecule has 31 heavy (non-hydrogen) atoms. The van der Waals surface area contributed by atoms with Crippen molar-refractivity contribution < 1.29 is 23.6 Å². The van der Waals surface area contributed by atoms with Gasteiger partial charge in [0.1, 0.15) is 0 Å². The van der Waals surface area contributed by atoms with Crippen LogP contribution >= 0.6 is 0 Å². The highest BCUT2D eigenvalue weighted by molar-refractivity contribution is 5.95. The molecule has 0 spiro atoms. The number of benzene rings is 2. The number of ether oxygens (including phenoxy) is 2. The maximum Gasteiger partial charge on any atom is 0.273 e. The first-order valence-electron chi connectivity index (χ1n) is 9.84. The standard InChI is InChI=1S/C23H25N3O5/c1-4-24-22(27)19-13-18(31-25-19)15-26(14-16-8-6-5-7-9-16)23(28)17-10-11-20(29-2)21(12-17)30-3/h5-13H,4,14-15H2,1-3H3,(H,24,27). The monoisotopic (exact) mass is 423 g/mol. The van der Waals surface area contributed by atoms with Crippen molar-refractivity contribution in [3.8, 4) is 11.5 Å². The zero-order valence-corrected chi connectivity index (χ0v) is 17.8. The number of hydrogen-bond donors (Lipinski definition) is 1. The number of amides is 2. The maximum absolute atomic E-state index is 13.4. The minimum absolute atomic E-state index is 0.147. The molecule has 0 bridgehead atoms. The summed E-state index contributed by atoms with van der Waals surface area (Å²) in [6.07, 6.45) is 0. The van der Waals surface area contributed by atoms with Crippen molar-refractivity contribution in [1.82, 2.24) is 15.4 Å². The second kappa shape index (κ2) is 10.3. The van der Waals surface area contributed by atoms with E-state index < -0.39 is 0 Å². The molecule has 0 atom stereocenters. The lowest BCUT2D eigenvalue weighted by molar-refractivity contribution is 0.0712. The fourth-order valence-electron chi connectivity index (χ4n) is 3.09. The second-order valence-electron chi connectivity index (χ2n) is 6.75. The van der Waals surface area contributed by atoms with Gasteiger partial charge < -0.3 is 24.2 Å². The Morgan fingerprint density at radius 1 is 1.00 bits per heavy atom. The van der Waals surface area contributed by atoms with Crippen LogP contribution in [0, 0.1) is 0 Å². The van der Waals surface area contributed by atoms with Gasteiger partial charge in [-0.3, -0.25) is 9.59 Å². The van der Waals surface area contributed by atoms with Crippen LogP contribution < -0.4 is 14.8 Å². The number of nitrogens with one attached hydrogen (secondary N) is 1. The Balaban J connectivity index is 1.88. The molecule has 162 valence electrons. The summed E-state index contributed by atoms with van der Waals surface area (Å²) in [5, 5.41) is 6.49. The molecule has 0 aliphatic heterocycles. The molecule has 3 rings (SSSR count). The van der Waals surface area contributed by atoms with Crippen LogP contribution in [0.2, 0.25) is 0 Å². The van der Waals surface area contributed by atoms with Crippen LogP contribution in [0.5, 0.6) is 11.5 Å². The Hall–Kier alpha value is -3.81. The highest BCUT2D eigenvalue weighted by atomic mass is 16.5. The molecule has 0 radical (unpaired) electrons. The van der Waals surface area contributed by atoms with E-state index in [4.69, 9.17) is 14.0 Å². The number of aromatic nitrogens is 1. The first-order valence-corrected chi connectivity index (χ1v) is 9.84.